The summed E-state index contributed by atoms with van der Waals surface area (Å²) in [7, 11) is 0. The highest BCUT2D eigenvalue weighted by Crippen LogP contribution is 2.32. The predicted molar refractivity (Wildman–Crippen MR) is 104 cm³/mol. The van der Waals surface area contributed by atoms with Crippen molar-refractivity contribution in [3.05, 3.63) is 59.7 Å². The summed E-state index contributed by atoms with van der Waals surface area (Å²) in [5.41, 5.74) is 3.31. The molecule has 0 saturated carbocycles. The number of hydrogen-bond donors (Lipinski definition) is 2. The molecule has 1 unspecified atom stereocenters. The van der Waals surface area contributed by atoms with Gasteiger partial charge < -0.3 is 20.3 Å². The lowest BCUT2D eigenvalue weighted by molar-refractivity contribution is 0.0989. The van der Waals surface area contributed by atoms with Gasteiger partial charge in [-0.25, -0.2) is 4.79 Å². The first kappa shape index (κ1) is 17.5. The number of anilines is 2. The highest BCUT2D eigenvalue weighted by atomic mass is 16.5. The molecule has 27 heavy (non-hydrogen) atoms. The smallest absolute Gasteiger partial charge is 0.319 e. The van der Waals surface area contributed by atoms with Crippen molar-refractivity contribution >= 4 is 23.3 Å². The SMILES string of the molecule is O=C(NCC1CCCO1)Nc1ccc2c(c1)N(C(=O)c1ccccc1)CC2. The molecule has 140 valence electrons. The van der Waals surface area contributed by atoms with E-state index in [1.165, 1.54) is 0 Å². The van der Waals surface area contributed by atoms with Gasteiger partial charge in [0.2, 0.25) is 0 Å². The van der Waals surface area contributed by atoms with Crippen LogP contribution in [0.1, 0.15) is 28.8 Å². The minimum atomic E-state index is -0.260. The van der Waals surface area contributed by atoms with Gasteiger partial charge in [0, 0.05) is 36.6 Å². The van der Waals surface area contributed by atoms with Crippen LogP contribution < -0.4 is 15.5 Å². The standard InChI is InChI=1S/C21H23N3O3/c25-20(16-5-2-1-3-6-16)24-11-10-15-8-9-17(13-19(15)24)23-21(26)22-14-18-7-4-12-27-18/h1-3,5-6,8-9,13,18H,4,7,10-12,14H2,(H2,22,23,26). The second-order valence-electron chi connectivity index (χ2n) is 6.89. The third kappa shape index (κ3) is 3.95. The summed E-state index contributed by atoms with van der Waals surface area (Å²) in [6.07, 6.45) is 2.95. The quantitative estimate of drug-likeness (QED) is 0.874. The predicted octanol–water partition coefficient (Wildman–Crippen LogP) is 3.19. The Morgan fingerprint density at radius 1 is 1.15 bits per heavy atom. The lowest BCUT2D eigenvalue weighted by atomic mass is 10.1. The molecule has 1 atom stereocenters. The van der Waals surface area contributed by atoms with Crippen molar-refractivity contribution in [1.29, 1.82) is 0 Å². The van der Waals surface area contributed by atoms with E-state index < -0.39 is 0 Å². The van der Waals surface area contributed by atoms with Crippen LogP contribution in [0.3, 0.4) is 0 Å². The van der Waals surface area contributed by atoms with Gasteiger partial charge in [0.25, 0.3) is 5.91 Å². The number of fused-ring (bicyclic) bond motifs is 1. The minimum absolute atomic E-state index is 0.0191. The summed E-state index contributed by atoms with van der Waals surface area (Å²) in [6, 6.07) is 14.7. The van der Waals surface area contributed by atoms with Crippen molar-refractivity contribution in [3.63, 3.8) is 0 Å². The normalized spacial score (nSPS) is 18.2. The van der Waals surface area contributed by atoms with E-state index >= 15 is 0 Å². The molecule has 0 radical (unpaired) electrons. The van der Waals surface area contributed by atoms with E-state index in [2.05, 4.69) is 10.6 Å². The second kappa shape index (κ2) is 7.80. The van der Waals surface area contributed by atoms with Crippen LogP contribution in [0.4, 0.5) is 16.2 Å². The van der Waals surface area contributed by atoms with Crippen LogP contribution in [0.25, 0.3) is 0 Å². The van der Waals surface area contributed by atoms with E-state index in [4.69, 9.17) is 4.74 Å². The molecule has 2 aromatic rings. The van der Waals surface area contributed by atoms with Crippen LogP contribution in [0.2, 0.25) is 0 Å². The van der Waals surface area contributed by atoms with E-state index in [0.717, 1.165) is 37.1 Å². The molecule has 3 amide bonds. The molecule has 2 aromatic carbocycles. The van der Waals surface area contributed by atoms with Gasteiger partial charge in [-0.05, 0) is 49.1 Å². The van der Waals surface area contributed by atoms with Crippen molar-refractivity contribution in [2.75, 3.05) is 29.9 Å². The summed E-state index contributed by atoms with van der Waals surface area (Å²) in [5.74, 6) is -0.0191. The average molecular weight is 365 g/mol. The molecule has 2 N–H and O–H groups in total. The summed E-state index contributed by atoms with van der Waals surface area (Å²) in [4.78, 5) is 26.7. The van der Waals surface area contributed by atoms with Crippen LogP contribution in [-0.4, -0.2) is 37.7 Å². The number of hydrogen-bond acceptors (Lipinski definition) is 3. The van der Waals surface area contributed by atoms with E-state index in [1.807, 2.05) is 48.5 Å². The maximum Gasteiger partial charge on any atom is 0.319 e. The number of urea groups is 1. The van der Waals surface area contributed by atoms with Gasteiger partial charge >= 0.3 is 6.03 Å². The van der Waals surface area contributed by atoms with Crippen LogP contribution in [-0.2, 0) is 11.2 Å². The van der Waals surface area contributed by atoms with Gasteiger partial charge in [-0.15, -0.1) is 0 Å². The number of carbonyl (C=O) groups excluding carboxylic acids is 2. The van der Waals surface area contributed by atoms with Gasteiger partial charge in [0.1, 0.15) is 0 Å². The number of nitrogens with one attached hydrogen (secondary N) is 2. The second-order valence-corrected chi connectivity index (χ2v) is 6.89. The molecule has 1 fully saturated rings. The Kier molecular flexibility index (Phi) is 5.07. The number of ether oxygens (including phenoxy) is 1. The summed E-state index contributed by atoms with van der Waals surface area (Å²) >= 11 is 0. The average Bonchev–Trinajstić information content (AvgIpc) is 3.36. The van der Waals surface area contributed by atoms with Crippen molar-refractivity contribution in [3.8, 4) is 0 Å². The number of rotatable bonds is 4. The molecule has 4 rings (SSSR count). The third-order valence-electron chi connectivity index (χ3n) is 5.02. The Hall–Kier alpha value is -2.86. The maximum atomic E-state index is 12.8. The number of amides is 3. The van der Waals surface area contributed by atoms with Crippen LogP contribution in [0, 0.1) is 0 Å². The first-order chi connectivity index (χ1) is 13.2. The summed E-state index contributed by atoms with van der Waals surface area (Å²) < 4.78 is 5.51. The van der Waals surface area contributed by atoms with Gasteiger partial charge in [-0.2, -0.15) is 0 Å². The van der Waals surface area contributed by atoms with E-state index in [9.17, 15) is 9.59 Å². The molecule has 2 aliphatic heterocycles. The molecule has 6 heteroatoms. The molecule has 0 aromatic heterocycles. The lowest BCUT2D eigenvalue weighted by Gasteiger charge is -2.18. The Balaban J connectivity index is 1.43. The van der Waals surface area contributed by atoms with E-state index in [1.54, 1.807) is 4.90 Å². The molecular formula is C21H23N3O3. The fourth-order valence-electron chi connectivity index (χ4n) is 3.59. The molecule has 2 heterocycles. The molecule has 0 aliphatic carbocycles. The van der Waals surface area contributed by atoms with Gasteiger partial charge in [-0.3, -0.25) is 4.79 Å². The highest BCUT2D eigenvalue weighted by Gasteiger charge is 2.26. The van der Waals surface area contributed by atoms with Crippen molar-refractivity contribution in [1.82, 2.24) is 5.32 Å². The Labute approximate surface area is 158 Å². The zero-order valence-corrected chi connectivity index (χ0v) is 15.1. The topological polar surface area (TPSA) is 70.7 Å². The van der Waals surface area contributed by atoms with Crippen LogP contribution in [0.5, 0.6) is 0 Å². The largest absolute Gasteiger partial charge is 0.376 e. The monoisotopic (exact) mass is 365 g/mol. The third-order valence-corrected chi connectivity index (χ3v) is 5.02. The summed E-state index contributed by atoms with van der Waals surface area (Å²) in [6.45, 7) is 1.93. The number of carbonyl (C=O) groups is 2. The molecule has 0 bridgehead atoms. The van der Waals surface area contributed by atoms with Crippen molar-refractivity contribution in [2.24, 2.45) is 0 Å². The highest BCUT2D eigenvalue weighted by molar-refractivity contribution is 6.07. The van der Waals surface area contributed by atoms with Crippen LogP contribution >= 0.6 is 0 Å². The van der Waals surface area contributed by atoms with E-state index in [0.29, 0.717) is 24.3 Å². The zero-order chi connectivity index (χ0) is 18.6. The zero-order valence-electron chi connectivity index (χ0n) is 15.1. The van der Waals surface area contributed by atoms with Crippen LogP contribution in [0.15, 0.2) is 48.5 Å². The first-order valence-corrected chi connectivity index (χ1v) is 9.37. The van der Waals surface area contributed by atoms with Gasteiger partial charge in [0.05, 0.1) is 6.10 Å². The molecule has 1 saturated heterocycles. The first-order valence-electron chi connectivity index (χ1n) is 9.37. The Morgan fingerprint density at radius 2 is 2.00 bits per heavy atom. The Bertz CT molecular complexity index is 832. The Morgan fingerprint density at radius 3 is 2.78 bits per heavy atom. The van der Waals surface area contributed by atoms with Crippen molar-refractivity contribution in [2.45, 2.75) is 25.4 Å². The molecular weight excluding hydrogens is 342 g/mol. The molecule has 2 aliphatic rings. The van der Waals surface area contributed by atoms with Gasteiger partial charge in [-0.1, -0.05) is 24.3 Å². The lowest BCUT2D eigenvalue weighted by Crippen LogP contribution is -2.35. The fourth-order valence-corrected chi connectivity index (χ4v) is 3.59. The number of nitrogens with zero attached hydrogens (tertiary/aromatic N) is 1. The minimum Gasteiger partial charge on any atom is -0.376 e. The molecule has 6 nitrogen and oxygen atoms in total. The maximum absolute atomic E-state index is 12.8. The fraction of sp³-hybridized carbons (Fsp3) is 0.333. The summed E-state index contributed by atoms with van der Waals surface area (Å²) in [5, 5.41) is 5.70. The molecule has 0 spiro atoms. The number of benzene rings is 2. The van der Waals surface area contributed by atoms with E-state index in [-0.39, 0.29) is 18.0 Å². The van der Waals surface area contributed by atoms with Crippen molar-refractivity contribution < 1.29 is 14.3 Å². The van der Waals surface area contributed by atoms with Gasteiger partial charge in [0.15, 0.2) is 0 Å².